The number of benzene rings is 1. The van der Waals surface area contributed by atoms with E-state index in [9.17, 15) is 18.9 Å². The van der Waals surface area contributed by atoms with Crippen molar-refractivity contribution in [3.05, 3.63) is 59.4 Å². The highest BCUT2D eigenvalue weighted by Crippen LogP contribution is 2.34. The molecule has 0 radical (unpaired) electrons. The average molecular weight is 454 g/mol. The van der Waals surface area contributed by atoms with E-state index in [1.165, 1.54) is 13.2 Å². The number of rotatable bonds is 5. The van der Waals surface area contributed by atoms with E-state index in [-0.39, 0.29) is 29.4 Å². The van der Waals surface area contributed by atoms with Gasteiger partial charge in [-0.05, 0) is 36.6 Å². The summed E-state index contributed by atoms with van der Waals surface area (Å²) in [5.41, 5.74) is 1.08. The van der Waals surface area contributed by atoms with Gasteiger partial charge in [0.2, 0.25) is 0 Å². The van der Waals surface area contributed by atoms with Gasteiger partial charge in [0.05, 0.1) is 0 Å². The Balaban J connectivity index is 1.69. The van der Waals surface area contributed by atoms with Crippen molar-refractivity contribution in [3.8, 4) is 5.75 Å². The van der Waals surface area contributed by atoms with Crippen molar-refractivity contribution < 1.29 is 18.9 Å². The minimum Gasteiger partial charge on any atom is -0.504 e. The van der Waals surface area contributed by atoms with Crippen LogP contribution in [0.5, 0.6) is 5.75 Å². The molecule has 4 rings (SSSR count). The lowest BCUT2D eigenvalue weighted by Crippen LogP contribution is -2.34. The number of amides is 2. The normalized spacial score (nSPS) is 16.0. The average Bonchev–Trinajstić information content (AvgIpc) is 2.83. The summed E-state index contributed by atoms with van der Waals surface area (Å²) in [6.07, 6.45) is 3.23. The first-order valence-corrected chi connectivity index (χ1v) is 11.5. The lowest BCUT2D eigenvalue weighted by atomic mass is 10.1. The van der Waals surface area contributed by atoms with E-state index in [1.807, 2.05) is 0 Å². The monoisotopic (exact) mass is 453 g/mol. The van der Waals surface area contributed by atoms with Gasteiger partial charge in [-0.25, -0.2) is 9.19 Å². The molecule has 0 saturated carbocycles. The lowest BCUT2D eigenvalue weighted by molar-refractivity contribution is 0.0934. The van der Waals surface area contributed by atoms with Gasteiger partial charge in [-0.2, -0.15) is 0 Å². The summed E-state index contributed by atoms with van der Waals surface area (Å²) < 4.78 is 14.3. The van der Waals surface area contributed by atoms with E-state index >= 15 is 0 Å². The van der Waals surface area contributed by atoms with E-state index in [1.54, 1.807) is 40.7 Å². The van der Waals surface area contributed by atoms with Crippen LogP contribution in [-0.2, 0) is 17.5 Å². The largest absolute Gasteiger partial charge is 0.504 e. The summed E-state index contributed by atoms with van der Waals surface area (Å²) in [4.78, 5) is 33.7. The van der Waals surface area contributed by atoms with E-state index in [2.05, 4.69) is 20.6 Å². The Kier molecular flexibility index (Phi) is 6.31. The van der Waals surface area contributed by atoms with Crippen molar-refractivity contribution in [3.63, 3.8) is 0 Å². The van der Waals surface area contributed by atoms with Crippen LogP contribution < -0.4 is 14.9 Å². The lowest BCUT2D eigenvalue weighted by Gasteiger charge is -2.27. The molecule has 1 fully saturated rings. The van der Waals surface area contributed by atoms with Crippen LogP contribution in [0.2, 0.25) is 0 Å². The summed E-state index contributed by atoms with van der Waals surface area (Å²) in [7, 11) is 0.265. The molecular formula is C22H23N5O4S. The number of nitrogens with one attached hydrogen (secondary N) is 2. The van der Waals surface area contributed by atoms with Crippen LogP contribution in [0.1, 0.15) is 39.3 Å². The van der Waals surface area contributed by atoms with Gasteiger partial charge in [0.1, 0.15) is 16.5 Å². The topological polar surface area (TPSA) is 125 Å². The molecule has 0 bridgehead atoms. The highest BCUT2D eigenvalue weighted by Gasteiger charge is 2.26. The van der Waals surface area contributed by atoms with Crippen molar-refractivity contribution in [2.75, 3.05) is 23.7 Å². The molecule has 3 N–H and O–H groups in total. The third-order valence-corrected chi connectivity index (χ3v) is 6.76. The second kappa shape index (κ2) is 9.31. The molecule has 3 heterocycles. The van der Waals surface area contributed by atoms with Gasteiger partial charge in [-0.15, -0.1) is 0 Å². The molecule has 1 aliphatic heterocycles. The zero-order valence-corrected chi connectivity index (χ0v) is 18.3. The second-order valence-electron chi connectivity index (χ2n) is 7.29. The van der Waals surface area contributed by atoms with Crippen molar-refractivity contribution in [1.29, 1.82) is 0 Å². The first-order chi connectivity index (χ1) is 15.5. The first-order valence-electron chi connectivity index (χ1n) is 10.2. The summed E-state index contributed by atoms with van der Waals surface area (Å²) in [6.45, 7) is 0.601. The van der Waals surface area contributed by atoms with Gasteiger partial charge in [0.15, 0.2) is 17.3 Å². The summed E-state index contributed by atoms with van der Waals surface area (Å²) in [5, 5.41) is 16.6. The van der Waals surface area contributed by atoms with Crippen LogP contribution in [0, 0.1) is 0 Å². The molecule has 0 aliphatic carbocycles. The predicted molar refractivity (Wildman–Crippen MR) is 122 cm³/mol. The third kappa shape index (κ3) is 4.13. The molecule has 166 valence electrons. The third-order valence-electron chi connectivity index (χ3n) is 5.27. The van der Waals surface area contributed by atoms with Crippen LogP contribution in [0.4, 0.5) is 5.82 Å². The molecule has 1 unspecified atom stereocenters. The highest BCUT2D eigenvalue weighted by atomic mass is 32.2. The van der Waals surface area contributed by atoms with E-state index in [0.29, 0.717) is 34.6 Å². The molecule has 1 aliphatic rings. The quantitative estimate of drug-likeness (QED) is 0.542. The van der Waals surface area contributed by atoms with Crippen LogP contribution in [-0.4, -0.2) is 50.4 Å². The Morgan fingerprint density at radius 2 is 1.97 bits per heavy atom. The number of hydrogen-bond acceptors (Lipinski definition) is 6. The molecule has 1 aromatic carbocycles. The summed E-state index contributed by atoms with van der Waals surface area (Å²) in [5.74, 6) is -0.349. The maximum absolute atomic E-state index is 13.0. The van der Waals surface area contributed by atoms with Crippen molar-refractivity contribution in [2.45, 2.75) is 19.4 Å². The number of carbonyl (C=O) groups is 2. The van der Waals surface area contributed by atoms with Gasteiger partial charge in [0, 0.05) is 43.0 Å². The smallest absolute Gasteiger partial charge is 0.274 e. The minimum atomic E-state index is -1.27. The minimum absolute atomic E-state index is 0.0643. The fraction of sp³-hybridized carbons (Fsp3) is 0.273. The Labute approximate surface area is 187 Å². The number of pyridine rings is 2. The van der Waals surface area contributed by atoms with Gasteiger partial charge < -0.3 is 15.7 Å². The van der Waals surface area contributed by atoms with E-state index in [0.717, 1.165) is 12.8 Å². The molecule has 32 heavy (non-hydrogen) atoms. The molecule has 0 spiro atoms. The summed E-state index contributed by atoms with van der Waals surface area (Å²) in [6, 6.07) is 10.4. The maximum Gasteiger partial charge on any atom is 0.274 e. The van der Waals surface area contributed by atoms with Crippen molar-refractivity contribution in [1.82, 2.24) is 20.6 Å². The molecule has 1 saturated heterocycles. The van der Waals surface area contributed by atoms with E-state index in [4.69, 9.17) is 0 Å². The maximum atomic E-state index is 13.0. The number of aromatic nitrogens is 2. The van der Waals surface area contributed by atoms with Crippen LogP contribution in [0.25, 0.3) is 10.9 Å². The predicted octanol–water partition coefficient (Wildman–Crippen LogP) is 1.89. The fourth-order valence-electron chi connectivity index (χ4n) is 3.64. The van der Waals surface area contributed by atoms with Gasteiger partial charge in [-0.3, -0.25) is 18.9 Å². The van der Waals surface area contributed by atoms with Crippen molar-refractivity contribution in [2.24, 2.45) is 0 Å². The zero-order chi connectivity index (χ0) is 22.7. The van der Waals surface area contributed by atoms with Gasteiger partial charge in [-0.1, -0.05) is 18.2 Å². The molecule has 2 amide bonds. The number of nitrogens with zero attached hydrogens (tertiary/aromatic N) is 3. The summed E-state index contributed by atoms with van der Waals surface area (Å²) >= 11 is 0. The van der Waals surface area contributed by atoms with Crippen LogP contribution in [0.15, 0.2) is 42.6 Å². The number of fused-ring (bicyclic) bond motifs is 1. The van der Waals surface area contributed by atoms with E-state index < -0.39 is 16.9 Å². The fourth-order valence-corrected chi connectivity index (χ4v) is 4.98. The Morgan fingerprint density at radius 1 is 1.16 bits per heavy atom. The number of aromatic hydroxyl groups is 1. The van der Waals surface area contributed by atoms with Gasteiger partial charge in [0.25, 0.3) is 11.8 Å². The second-order valence-corrected chi connectivity index (χ2v) is 8.78. The molecule has 3 aromatic rings. The number of hydrogen-bond donors (Lipinski definition) is 3. The Morgan fingerprint density at radius 3 is 2.75 bits per heavy atom. The standard InChI is InChI=1S/C22H23N5O4S/c1-23-21(29)15-8-3-2-7-14(15)13-25-22(30)18-19(28)17-16(9-6-10-24-17)20(26-18)27-11-4-5-12-32(27)31/h2-3,6-10,28H,4-5,11-13H2,1H3,(H,23,29)(H,25,30). The highest BCUT2D eigenvalue weighted by molar-refractivity contribution is 7.86. The molecule has 2 aromatic heterocycles. The first kappa shape index (κ1) is 21.7. The molecule has 9 nitrogen and oxygen atoms in total. The SMILES string of the molecule is CNC(=O)c1ccccc1CNC(=O)c1nc(N2CCCCS2=O)c2cccnc2c1O. The van der Waals surface area contributed by atoms with Crippen LogP contribution in [0.3, 0.4) is 0 Å². The molecule has 10 heteroatoms. The zero-order valence-electron chi connectivity index (χ0n) is 17.5. The molecular weight excluding hydrogens is 430 g/mol. The molecule has 1 atom stereocenters. The number of anilines is 1. The van der Waals surface area contributed by atoms with Crippen LogP contribution >= 0.6 is 0 Å². The Hall–Kier alpha value is -3.53. The van der Waals surface area contributed by atoms with Gasteiger partial charge >= 0.3 is 0 Å². The Bertz CT molecular complexity index is 1220. The number of carbonyl (C=O) groups excluding carboxylic acids is 2. The van der Waals surface area contributed by atoms with Crippen molar-refractivity contribution >= 4 is 39.5 Å².